The summed E-state index contributed by atoms with van der Waals surface area (Å²) >= 11 is 0. The van der Waals surface area contributed by atoms with Crippen LogP contribution >= 0.6 is 0 Å². The van der Waals surface area contributed by atoms with Crippen molar-refractivity contribution < 1.29 is 19.4 Å². The summed E-state index contributed by atoms with van der Waals surface area (Å²) in [5.41, 5.74) is 1.56. The average molecular weight is 365 g/mol. The molecular formula is C22H36O4. The van der Waals surface area contributed by atoms with Crippen molar-refractivity contribution in [1.82, 2.24) is 0 Å². The van der Waals surface area contributed by atoms with Crippen LogP contribution in [-0.4, -0.2) is 23.7 Å². The van der Waals surface area contributed by atoms with Gasteiger partial charge >= 0.3 is 11.9 Å². The quantitative estimate of drug-likeness (QED) is 0.405. The van der Waals surface area contributed by atoms with E-state index in [0.29, 0.717) is 18.1 Å². The lowest BCUT2D eigenvalue weighted by atomic mass is 9.98. The Morgan fingerprint density at radius 2 is 1.58 bits per heavy atom. The Hall–Kier alpha value is -1.84. The van der Waals surface area contributed by atoms with Crippen LogP contribution in [0.25, 0.3) is 0 Å². The molecule has 26 heavy (non-hydrogen) atoms. The molecule has 4 heteroatoms. The Bertz CT molecular complexity index is 507. The Labute approximate surface area is 159 Å². The molecule has 0 heterocycles. The molecule has 1 aromatic carbocycles. The highest BCUT2D eigenvalue weighted by Crippen LogP contribution is 2.18. The predicted molar refractivity (Wildman–Crippen MR) is 107 cm³/mol. The molecule has 0 bridgehead atoms. The lowest BCUT2D eigenvalue weighted by Crippen LogP contribution is -2.14. The second kappa shape index (κ2) is 14.3. The van der Waals surface area contributed by atoms with Crippen LogP contribution in [0.2, 0.25) is 0 Å². The van der Waals surface area contributed by atoms with E-state index in [9.17, 15) is 9.59 Å². The van der Waals surface area contributed by atoms with Crippen molar-refractivity contribution >= 4 is 11.9 Å². The monoisotopic (exact) mass is 364 g/mol. The van der Waals surface area contributed by atoms with Gasteiger partial charge in [0.25, 0.3) is 0 Å². The van der Waals surface area contributed by atoms with Gasteiger partial charge in [-0.15, -0.1) is 0 Å². The molecule has 1 N–H and O–H groups in total. The summed E-state index contributed by atoms with van der Waals surface area (Å²) in [7, 11) is 0. The van der Waals surface area contributed by atoms with Gasteiger partial charge in [-0.3, -0.25) is 4.79 Å². The highest BCUT2D eigenvalue weighted by molar-refractivity contribution is 5.87. The lowest BCUT2D eigenvalue weighted by molar-refractivity contribution is -0.148. The molecule has 148 valence electrons. The summed E-state index contributed by atoms with van der Waals surface area (Å²) in [6, 6.07) is 7.09. The minimum absolute atomic E-state index is 0.0426. The zero-order valence-electron chi connectivity index (χ0n) is 17.1. The van der Waals surface area contributed by atoms with Gasteiger partial charge in [-0.1, -0.05) is 66.0 Å². The van der Waals surface area contributed by atoms with Gasteiger partial charge < -0.3 is 9.84 Å². The van der Waals surface area contributed by atoms with Crippen LogP contribution < -0.4 is 0 Å². The van der Waals surface area contributed by atoms with Crippen LogP contribution in [-0.2, 0) is 9.53 Å². The molecule has 0 aliphatic carbocycles. The van der Waals surface area contributed by atoms with Crippen molar-refractivity contribution in [2.24, 2.45) is 5.92 Å². The molecule has 1 rings (SSSR count). The smallest absolute Gasteiger partial charge is 0.335 e. The van der Waals surface area contributed by atoms with Crippen molar-refractivity contribution in [3.63, 3.8) is 0 Å². The van der Waals surface area contributed by atoms with Gasteiger partial charge in [0.2, 0.25) is 0 Å². The third kappa shape index (κ3) is 10.2. The summed E-state index contributed by atoms with van der Waals surface area (Å²) in [5.74, 6) is -0.344. The molecule has 0 saturated heterocycles. The maximum atomic E-state index is 11.2. The van der Waals surface area contributed by atoms with Crippen LogP contribution in [0.4, 0.5) is 0 Å². The number of rotatable bonds is 10. The number of carboxylic acids is 1. The van der Waals surface area contributed by atoms with Crippen molar-refractivity contribution in [3.8, 4) is 0 Å². The first-order chi connectivity index (χ1) is 12.4. The fourth-order valence-electron chi connectivity index (χ4n) is 2.20. The molecule has 0 fully saturated rings. The molecular weight excluding hydrogens is 328 g/mol. The summed E-state index contributed by atoms with van der Waals surface area (Å²) < 4.78 is 5.10. The van der Waals surface area contributed by atoms with Crippen LogP contribution in [0.5, 0.6) is 0 Å². The maximum absolute atomic E-state index is 11.2. The molecule has 1 aromatic rings. The average Bonchev–Trinajstić information content (AvgIpc) is 2.66. The van der Waals surface area contributed by atoms with Crippen LogP contribution in [0.3, 0.4) is 0 Å². The highest BCUT2D eigenvalue weighted by atomic mass is 16.5. The van der Waals surface area contributed by atoms with E-state index in [1.54, 1.807) is 12.1 Å². The molecule has 0 radical (unpaired) electrons. The van der Waals surface area contributed by atoms with Crippen LogP contribution in [0.15, 0.2) is 24.3 Å². The lowest BCUT2D eigenvalue weighted by Gasteiger charge is -2.08. The number of ether oxygens (including phenoxy) is 1. The second-order valence-corrected chi connectivity index (χ2v) is 6.77. The summed E-state index contributed by atoms with van der Waals surface area (Å²) in [4.78, 5) is 21.7. The first-order valence-electron chi connectivity index (χ1n) is 9.87. The number of hydrogen-bond acceptors (Lipinski definition) is 3. The molecule has 2 unspecified atom stereocenters. The summed E-state index contributed by atoms with van der Waals surface area (Å²) in [6.45, 7) is 10.9. The Kier molecular flexibility index (Phi) is 13.3. The van der Waals surface area contributed by atoms with Crippen LogP contribution in [0, 0.1) is 5.92 Å². The fourth-order valence-corrected chi connectivity index (χ4v) is 2.20. The number of carbonyl (C=O) groups is 2. The second-order valence-electron chi connectivity index (χ2n) is 6.77. The van der Waals surface area contributed by atoms with Gasteiger partial charge in [-0.2, -0.15) is 0 Å². The summed E-state index contributed by atoms with van der Waals surface area (Å²) in [5, 5.41) is 8.67. The Morgan fingerprint density at radius 1 is 0.962 bits per heavy atom. The largest absolute Gasteiger partial charge is 0.478 e. The number of aromatic carboxylic acids is 1. The van der Waals surface area contributed by atoms with Gasteiger partial charge in [0.05, 0.1) is 18.1 Å². The minimum Gasteiger partial charge on any atom is -0.478 e. The highest BCUT2D eigenvalue weighted by Gasteiger charge is 2.10. The number of esters is 1. The maximum Gasteiger partial charge on any atom is 0.335 e. The van der Waals surface area contributed by atoms with Gasteiger partial charge in [0.15, 0.2) is 0 Å². The van der Waals surface area contributed by atoms with E-state index >= 15 is 0 Å². The minimum atomic E-state index is -0.865. The third-order valence-electron chi connectivity index (χ3n) is 4.60. The first-order valence-corrected chi connectivity index (χ1v) is 9.87. The standard InChI is InChI=1S/C11H14O2.C11H22O2/c1-3-8(2)9-4-6-10(7-5-9)11(12)13;1-4-6-7-8-9-13-11(12)10(3)5-2/h4-8H,3H2,1-2H3,(H,12,13);10H,4-9H2,1-3H3. The van der Waals surface area contributed by atoms with Crippen molar-refractivity contribution in [3.05, 3.63) is 35.4 Å². The van der Waals surface area contributed by atoms with E-state index in [0.717, 1.165) is 19.3 Å². The first kappa shape index (κ1) is 24.2. The Morgan fingerprint density at radius 3 is 2.04 bits per heavy atom. The van der Waals surface area contributed by atoms with Gasteiger partial charge in [-0.05, 0) is 42.9 Å². The molecule has 0 aliphatic heterocycles. The summed E-state index contributed by atoms with van der Waals surface area (Å²) in [6.07, 6.45) is 6.58. The SMILES string of the molecule is CCC(C)c1ccc(C(=O)O)cc1.CCCCCCOC(=O)C(C)CC. The zero-order chi connectivity index (χ0) is 19.9. The predicted octanol–water partition coefficient (Wildman–Crippen LogP) is 6.05. The number of hydrogen-bond donors (Lipinski definition) is 1. The number of carboxylic acid groups (broad SMARTS) is 1. The molecule has 0 saturated carbocycles. The van der Waals surface area contributed by atoms with E-state index in [1.165, 1.54) is 24.8 Å². The number of unbranched alkanes of at least 4 members (excludes halogenated alkanes) is 3. The van der Waals surface area contributed by atoms with E-state index in [-0.39, 0.29) is 11.9 Å². The van der Waals surface area contributed by atoms with E-state index < -0.39 is 5.97 Å². The van der Waals surface area contributed by atoms with Crippen LogP contribution in [0.1, 0.15) is 95.0 Å². The Balaban J connectivity index is 0.000000481. The van der Waals surface area contributed by atoms with Crippen molar-refractivity contribution in [2.45, 2.75) is 79.1 Å². The topological polar surface area (TPSA) is 63.6 Å². The molecule has 0 spiro atoms. The third-order valence-corrected chi connectivity index (χ3v) is 4.60. The number of benzene rings is 1. The van der Waals surface area contributed by atoms with E-state index in [2.05, 4.69) is 20.8 Å². The van der Waals surface area contributed by atoms with Gasteiger partial charge in [-0.25, -0.2) is 4.79 Å². The molecule has 0 aliphatic rings. The molecule has 0 aromatic heterocycles. The van der Waals surface area contributed by atoms with E-state index in [1.807, 2.05) is 26.0 Å². The molecule has 2 atom stereocenters. The van der Waals surface area contributed by atoms with Gasteiger partial charge in [0, 0.05) is 0 Å². The van der Waals surface area contributed by atoms with E-state index in [4.69, 9.17) is 9.84 Å². The van der Waals surface area contributed by atoms with Crippen molar-refractivity contribution in [2.75, 3.05) is 6.61 Å². The normalized spacial score (nSPS) is 12.5. The number of carbonyl (C=O) groups excluding carboxylic acids is 1. The van der Waals surface area contributed by atoms with Crippen molar-refractivity contribution in [1.29, 1.82) is 0 Å². The zero-order valence-corrected chi connectivity index (χ0v) is 17.1. The fraction of sp³-hybridized carbons (Fsp3) is 0.636. The molecule has 4 nitrogen and oxygen atoms in total. The molecule has 0 amide bonds. The van der Waals surface area contributed by atoms with Gasteiger partial charge in [0.1, 0.15) is 0 Å².